The monoisotopic (exact) mass is 212 g/mol. The molecule has 1 rings (SSSR count). The Bertz CT molecular complexity index is 287. The SMILES string of the molecule is [N-]=[N+]=NCCCN1CNNC1C(=O)C=O. The van der Waals surface area contributed by atoms with Crippen molar-refractivity contribution in [2.75, 3.05) is 19.8 Å². The molecule has 15 heavy (non-hydrogen) atoms. The number of aldehydes is 1. The number of carbonyl (C=O) groups is 2. The molecule has 8 heteroatoms. The van der Waals surface area contributed by atoms with E-state index >= 15 is 0 Å². The average Bonchev–Trinajstić information content (AvgIpc) is 2.71. The summed E-state index contributed by atoms with van der Waals surface area (Å²) >= 11 is 0. The van der Waals surface area contributed by atoms with Crippen molar-refractivity contribution in [3.05, 3.63) is 10.4 Å². The molecular formula is C7H12N6O2. The van der Waals surface area contributed by atoms with Gasteiger partial charge in [0.1, 0.15) is 6.17 Å². The summed E-state index contributed by atoms with van der Waals surface area (Å²) in [5.41, 5.74) is 13.5. The molecule has 0 bridgehead atoms. The standard InChI is InChI=1S/C7H12N6O2/c8-12-9-2-1-3-13-5-10-11-7(13)6(15)4-14/h4,7,10-11H,1-3,5H2. The van der Waals surface area contributed by atoms with Crippen molar-refractivity contribution in [3.63, 3.8) is 0 Å². The van der Waals surface area contributed by atoms with Crippen LogP contribution in [0, 0.1) is 0 Å². The van der Waals surface area contributed by atoms with Crippen LogP contribution in [0.2, 0.25) is 0 Å². The van der Waals surface area contributed by atoms with Crippen LogP contribution in [0.3, 0.4) is 0 Å². The number of hydrogen-bond donors (Lipinski definition) is 2. The van der Waals surface area contributed by atoms with Crippen molar-refractivity contribution < 1.29 is 9.59 Å². The summed E-state index contributed by atoms with van der Waals surface area (Å²) in [5, 5.41) is 3.38. The molecule has 2 N–H and O–H groups in total. The molecule has 1 heterocycles. The summed E-state index contributed by atoms with van der Waals surface area (Å²) in [4.78, 5) is 25.8. The number of hydrazine groups is 1. The third-order valence-corrected chi connectivity index (χ3v) is 2.04. The van der Waals surface area contributed by atoms with Gasteiger partial charge in [-0.2, -0.15) is 0 Å². The van der Waals surface area contributed by atoms with E-state index in [1.54, 1.807) is 4.90 Å². The average molecular weight is 212 g/mol. The zero-order chi connectivity index (χ0) is 11.1. The molecular weight excluding hydrogens is 200 g/mol. The van der Waals surface area contributed by atoms with Crippen LogP contribution in [0.5, 0.6) is 0 Å². The quantitative estimate of drug-likeness (QED) is 0.149. The highest BCUT2D eigenvalue weighted by Gasteiger charge is 2.28. The lowest BCUT2D eigenvalue weighted by atomic mass is 10.3. The Morgan fingerprint density at radius 2 is 2.53 bits per heavy atom. The molecule has 0 spiro atoms. The zero-order valence-corrected chi connectivity index (χ0v) is 8.09. The fraction of sp³-hybridized carbons (Fsp3) is 0.714. The fourth-order valence-corrected chi connectivity index (χ4v) is 1.34. The van der Waals surface area contributed by atoms with Crippen LogP contribution >= 0.6 is 0 Å². The third kappa shape index (κ3) is 3.30. The zero-order valence-electron chi connectivity index (χ0n) is 8.09. The van der Waals surface area contributed by atoms with Crippen LogP contribution in [0.25, 0.3) is 10.4 Å². The first-order chi connectivity index (χ1) is 7.29. The molecule has 0 aromatic heterocycles. The van der Waals surface area contributed by atoms with E-state index in [1.807, 2.05) is 0 Å². The summed E-state index contributed by atoms with van der Waals surface area (Å²) in [6.45, 7) is 1.46. The maximum Gasteiger partial charge on any atom is 0.228 e. The van der Waals surface area contributed by atoms with Crippen molar-refractivity contribution in [1.29, 1.82) is 0 Å². The van der Waals surface area contributed by atoms with Gasteiger partial charge >= 0.3 is 0 Å². The minimum atomic E-state index is -0.603. The molecule has 0 amide bonds. The fourth-order valence-electron chi connectivity index (χ4n) is 1.34. The Balaban J connectivity index is 2.36. The lowest BCUT2D eigenvalue weighted by Gasteiger charge is -2.18. The summed E-state index contributed by atoms with van der Waals surface area (Å²) in [6.07, 6.45) is 0.342. The van der Waals surface area contributed by atoms with E-state index in [0.717, 1.165) is 0 Å². The molecule has 0 aromatic rings. The molecule has 1 saturated heterocycles. The van der Waals surface area contributed by atoms with Crippen LogP contribution in [0.4, 0.5) is 0 Å². The van der Waals surface area contributed by atoms with E-state index in [4.69, 9.17) is 5.53 Å². The second-order valence-corrected chi connectivity index (χ2v) is 3.02. The van der Waals surface area contributed by atoms with E-state index < -0.39 is 11.9 Å². The number of azide groups is 1. The van der Waals surface area contributed by atoms with Gasteiger partial charge in [-0.05, 0) is 12.0 Å². The molecule has 1 atom stereocenters. The van der Waals surface area contributed by atoms with Gasteiger partial charge in [0.25, 0.3) is 0 Å². The van der Waals surface area contributed by atoms with Crippen LogP contribution in [0.15, 0.2) is 5.11 Å². The number of Topliss-reactive ketones (excluding diaryl/α,β-unsaturated/α-hetero) is 1. The molecule has 1 fully saturated rings. The van der Waals surface area contributed by atoms with E-state index in [1.165, 1.54) is 0 Å². The number of ketones is 1. The van der Waals surface area contributed by atoms with Crippen LogP contribution in [-0.2, 0) is 9.59 Å². The lowest BCUT2D eigenvalue weighted by Crippen LogP contribution is -2.44. The Morgan fingerprint density at radius 3 is 3.20 bits per heavy atom. The number of hydrogen-bond acceptors (Lipinski definition) is 6. The smallest absolute Gasteiger partial charge is 0.228 e. The first kappa shape index (κ1) is 11.6. The van der Waals surface area contributed by atoms with Gasteiger partial charge in [0.2, 0.25) is 5.78 Å². The Kier molecular flexibility index (Phi) is 4.72. The topological polar surface area (TPSA) is 110 Å². The molecule has 8 nitrogen and oxygen atoms in total. The predicted octanol–water partition coefficient (Wildman–Crippen LogP) is -0.852. The molecule has 1 unspecified atom stereocenters. The summed E-state index contributed by atoms with van der Waals surface area (Å²) < 4.78 is 0. The molecule has 0 radical (unpaired) electrons. The lowest BCUT2D eigenvalue weighted by molar-refractivity contribution is -0.133. The number of carbonyl (C=O) groups excluding carboxylic acids is 2. The highest BCUT2D eigenvalue weighted by molar-refractivity contribution is 6.27. The highest BCUT2D eigenvalue weighted by atomic mass is 16.2. The van der Waals surface area contributed by atoms with Gasteiger partial charge in [-0.3, -0.25) is 14.5 Å². The number of nitrogens with zero attached hydrogens (tertiary/aromatic N) is 4. The van der Waals surface area contributed by atoms with Crippen molar-refractivity contribution in [2.45, 2.75) is 12.6 Å². The third-order valence-electron chi connectivity index (χ3n) is 2.04. The van der Waals surface area contributed by atoms with Gasteiger partial charge in [0.15, 0.2) is 6.29 Å². The summed E-state index contributed by atoms with van der Waals surface area (Å²) in [5.74, 6) is -0.510. The molecule has 1 aliphatic rings. The van der Waals surface area contributed by atoms with Gasteiger partial charge in [-0.25, -0.2) is 10.9 Å². The number of nitrogens with one attached hydrogen (secondary N) is 2. The van der Waals surface area contributed by atoms with Crippen molar-refractivity contribution in [2.24, 2.45) is 5.11 Å². The van der Waals surface area contributed by atoms with Crippen LogP contribution < -0.4 is 10.9 Å². The molecule has 0 aliphatic carbocycles. The van der Waals surface area contributed by atoms with Crippen molar-refractivity contribution in [1.82, 2.24) is 15.8 Å². The Hall–Kier alpha value is -1.47. The second kappa shape index (κ2) is 6.10. The summed E-state index contributed by atoms with van der Waals surface area (Å²) in [6, 6.07) is 0. The first-order valence-electron chi connectivity index (χ1n) is 4.52. The Labute approximate surface area is 86.2 Å². The molecule has 1 aliphatic heterocycles. The second-order valence-electron chi connectivity index (χ2n) is 3.02. The van der Waals surface area contributed by atoms with Gasteiger partial charge in [-0.15, -0.1) is 0 Å². The predicted molar refractivity (Wildman–Crippen MR) is 51.3 cm³/mol. The molecule has 82 valence electrons. The normalized spacial score (nSPS) is 20.9. The van der Waals surface area contributed by atoms with Gasteiger partial charge in [-0.1, -0.05) is 5.11 Å². The minimum absolute atomic E-state index is 0.297. The van der Waals surface area contributed by atoms with E-state index in [9.17, 15) is 9.59 Å². The van der Waals surface area contributed by atoms with Crippen molar-refractivity contribution in [3.8, 4) is 0 Å². The van der Waals surface area contributed by atoms with Crippen LogP contribution in [-0.4, -0.2) is 42.9 Å². The largest absolute Gasteiger partial charge is 0.294 e. The van der Waals surface area contributed by atoms with Crippen molar-refractivity contribution >= 4 is 12.1 Å². The van der Waals surface area contributed by atoms with Gasteiger partial charge in [0, 0.05) is 18.0 Å². The molecule has 0 aromatic carbocycles. The molecule has 0 saturated carbocycles. The minimum Gasteiger partial charge on any atom is -0.294 e. The Morgan fingerprint density at radius 1 is 1.73 bits per heavy atom. The first-order valence-corrected chi connectivity index (χ1v) is 4.52. The highest BCUT2D eigenvalue weighted by Crippen LogP contribution is 2.01. The maximum atomic E-state index is 11.1. The summed E-state index contributed by atoms with van der Waals surface area (Å²) in [7, 11) is 0. The maximum absolute atomic E-state index is 11.1. The number of rotatable bonds is 6. The van der Waals surface area contributed by atoms with E-state index in [2.05, 4.69) is 20.9 Å². The van der Waals surface area contributed by atoms with E-state index in [-0.39, 0.29) is 0 Å². The van der Waals surface area contributed by atoms with Gasteiger partial charge in [0.05, 0.1) is 6.67 Å². The van der Waals surface area contributed by atoms with E-state index in [0.29, 0.717) is 32.5 Å². The van der Waals surface area contributed by atoms with Crippen LogP contribution in [0.1, 0.15) is 6.42 Å². The van der Waals surface area contributed by atoms with Gasteiger partial charge < -0.3 is 0 Å².